The molecule has 1 aliphatic heterocycles. The molecule has 0 amide bonds. The normalized spacial score (nSPS) is 19.6. The van der Waals surface area contributed by atoms with Crippen LogP contribution in [0.4, 0.5) is 42.9 Å². The molecular formula is C62H50F2N4. The fourth-order valence-corrected chi connectivity index (χ4v) is 11.3. The zero-order valence-electron chi connectivity index (χ0n) is 38.0. The fraction of sp³-hybridized carbons (Fsp3) is 0.129. The van der Waals surface area contributed by atoms with Crippen molar-refractivity contribution in [1.29, 1.82) is 0 Å². The molecule has 4 nitrogen and oxygen atoms in total. The largest absolute Gasteiger partial charge is 0.337 e. The second-order valence-corrected chi connectivity index (χ2v) is 18.5. The third-order valence-electron chi connectivity index (χ3n) is 14.4. The van der Waals surface area contributed by atoms with Gasteiger partial charge in [-0.3, -0.25) is 0 Å². The summed E-state index contributed by atoms with van der Waals surface area (Å²) in [4.78, 5) is 7.20. The number of hydrogen-bond donors (Lipinski definition) is 0. The number of rotatable bonds is 9. The van der Waals surface area contributed by atoms with E-state index in [1.807, 2.05) is 30.3 Å². The van der Waals surface area contributed by atoms with Crippen molar-refractivity contribution in [2.24, 2.45) is 11.8 Å². The van der Waals surface area contributed by atoms with Crippen molar-refractivity contribution in [2.75, 3.05) is 14.7 Å². The van der Waals surface area contributed by atoms with E-state index in [0.717, 1.165) is 62.4 Å². The van der Waals surface area contributed by atoms with Crippen molar-refractivity contribution >= 4 is 61.5 Å². The first-order valence-electron chi connectivity index (χ1n) is 23.7. The Labute approximate surface area is 396 Å². The molecule has 5 unspecified atom stereocenters. The van der Waals surface area contributed by atoms with Gasteiger partial charge in [-0.05, 0) is 150 Å². The minimum Gasteiger partial charge on any atom is -0.337 e. The molecule has 0 fully saturated rings. The van der Waals surface area contributed by atoms with E-state index in [1.165, 1.54) is 28.0 Å². The number of hydrogen-bond acceptors (Lipinski definition) is 3. The van der Waals surface area contributed by atoms with Crippen LogP contribution in [0.25, 0.3) is 33.1 Å². The molecule has 5 atom stereocenters. The third kappa shape index (κ3) is 7.19. The smallest absolute Gasteiger partial charge is 0.123 e. The summed E-state index contributed by atoms with van der Waals surface area (Å²) < 4.78 is 31.3. The molecule has 0 bridgehead atoms. The van der Waals surface area contributed by atoms with E-state index in [0.29, 0.717) is 0 Å². The van der Waals surface area contributed by atoms with E-state index < -0.39 is 0 Å². The monoisotopic (exact) mass is 888 g/mol. The molecule has 1 aromatic heterocycles. The molecular weight excluding hydrogens is 839 g/mol. The van der Waals surface area contributed by atoms with Crippen LogP contribution in [0, 0.1) is 23.5 Å². The highest BCUT2D eigenvalue weighted by atomic mass is 19.1. The van der Waals surface area contributed by atoms with E-state index in [-0.39, 0.29) is 41.5 Å². The maximum atomic E-state index is 14.5. The summed E-state index contributed by atoms with van der Waals surface area (Å²) in [6, 6.07) is 68.1. The molecule has 9 aromatic rings. The van der Waals surface area contributed by atoms with Gasteiger partial charge in [0, 0.05) is 68.2 Å². The first-order valence-corrected chi connectivity index (χ1v) is 23.7. The summed E-state index contributed by atoms with van der Waals surface area (Å²) in [5.41, 5.74) is 14.6. The van der Waals surface area contributed by atoms with Crippen LogP contribution in [-0.2, 0) is 0 Å². The van der Waals surface area contributed by atoms with Crippen LogP contribution < -0.4 is 14.7 Å². The Bertz CT molecular complexity index is 3390. The molecule has 0 saturated carbocycles. The summed E-state index contributed by atoms with van der Waals surface area (Å²) in [6.45, 7) is 4.59. The molecule has 2 aliphatic carbocycles. The molecule has 2 heterocycles. The van der Waals surface area contributed by atoms with E-state index in [9.17, 15) is 8.78 Å². The van der Waals surface area contributed by atoms with Crippen molar-refractivity contribution < 1.29 is 8.78 Å². The Hall–Kier alpha value is -7.96. The van der Waals surface area contributed by atoms with Crippen LogP contribution in [0.5, 0.6) is 0 Å². The maximum Gasteiger partial charge on any atom is 0.123 e. The average Bonchev–Trinajstić information content (AvgIpc) is 3.88. The topological polar surface area (TPSA) is 14.7 Å². The summed E-state index contributed by atoms with van der Waals surface area (Å²) >= 11 is 0. The lowest BCUT2D eigenvalue weighted by atomic mass is 9.80. The van der Waals surface area contributed by atoms with E-state index >= 15 is 0 Å². The number of allylic oxidation sites excluding steroid dienone is 3. The standard InChI is InChI=1S/C62H50F2N4/c1-41-37-44(23-35-57(41)66(51-32-26-46(64)27-33-51)52-34-36-60-55(39-52)53-17-9-11-19-58(53)67(60)47-13-5-3-6-14-47)43-21-28-49(29-22-43)65(50-30-24-45(63)25-31-50)61-40-56-54-18-10-12-20-59(54)68(62(56)38-42(61)2)48-15-7-4-8-16-48/h3-37,39-42,56-57,62H,38H2,1-2H3. The molecule has 332 valence electrons. The molecule has 8 aromatic carbocycles. The highest BCUT2D eigenvalue weighted by Gasteiger charge is 2.43. The highest BCUT2D eigenvalue weighted by Crippen LogP contribution is 2.52. The number of aromatic nitrogens is 1. The van der Waals surface area contributed by atoms with Crippen molar-refractivity contribution in [2.45, 2.75) is 38.3 Å². The maximum absolute atomic E-state index is 14.5. The summed E-state index contributed by atoms with van der Waals surface area (Å²) in [5.74, 6) is -0.00487. The Morgan fingerprint density at radius 3 is 1.82 bits per heavy atom. The van der Waals surface area contributed by atoms with Crippen LogP contribution in [0.15, 0.2) is 230 Å². The molecule has 0 radical (unpaired) electrons. The molecule has 3 aliphatic rings. The number of para-hydroxylation sites is 4. The number of halogens is 2. The number of anilines is 6. The van der Waals surface area contributed by atoms with Gasteiger partial charge < -0.3 is 19.3 Å². The summed E-state index contributed by atoms with van der Waals surface area (Å²) in [7, 11) is 0. The van der Waals surface area contributed by atoms with Gasteiger partial charge in [-0.15, -0.1) is 0 Å². The molecule has 0 saturated heterocycles. The van der Waals surface area contributed by atoms with Crippen molar-refractivity contribution in [1.82, 2.24) is 4.57 Å². The second-order valence-electron chi connectivity index (χ2n) is 18.5. The van der Waals surface area contributed by atoms with Gasteiger partial charge in [0.25, 0.3) is 0 Å². The lowest BCUT2D eigenvalue weighted by Gasteiger charge is -2.40. The first kappa shape index (κ1) is 41.5. The van der Waals surface area contributed by atoms with Gasteiger partial charge in [-0.2, -0.15) is 0 Å². The second kappa shape index (κ2) is 17.0. The predicted molar refractivity (Wildman–Crippen MR) is 278 cm³/mol. The minimum atomic E-state index is -0.261. The Morgan fingerprint density at radius 2 is 1.12 bits per heavy atom. The molecule has 6 heteroatoms. The van der Waals surface area contributed by atoms with Gasteiger partial charge in [-0.25, -0.2) is 8.78 Å². The fourth-order valence-electron chi connectivity index (χ4n) is 11.3. The third-order valence-corrected chi connectivity index (χ3v) is 14.4. The lowest BCUT2D eigenvalue weighted by Crippen LogP contribution is -2.37. The van der Waals surface area contributed by atoms with Gasteiger partial charge in [-0.1, -0.05) is 123 Å². The SMILES string of the molecule is CC1CC2C(C=C1N(c1ccc(F)cc1)c1ccc(C3=CC(C)C(N(c4ccc(F)cc4)c4ccc5c(c4)c4ccccc4n5-c4ccccc4)C=C3)cc1)c1ccccc1N2c1ccccc1. The minimum absolute atomic E-state index is 0.0422. The molecule has 12 rings (SSSR count). The zero-order chi connectivity index (χ0) is 45.9. The highest BCUT2D eigenvalue weighted by molar-refractivity contribution is 6.10. The van der Waals surface area contributed by atoms with Gasteiger partial charge in [0.1, 0.15) is 11.6 Å². The van der Waals surface area contributed by atoms with Crippen molar-refractivity contribution in [3.63, 3.8) is 0 Å². The summed E-state index contributed by atoms with van der Waals surface area (Å²) in [6.07, 6.45) is 10.3. The molecule has 68 heavy (non-hydrogen) atoms. The molecule has 0 spiro atoms. The number of nitrogens with zero attached hydrogens (tertiary/aromatic N) is 4. The number of fused-ring (bicyclic) bond motifs is 6. The number of benzene rings is 8. The van der Waals surface area contributed by atoms with Crippen LogP contribution in [-0.4, -0.2) is 16.7 Å². The Kier molecular flexibility index (Phi) is 10.4. The van der Waals surface area contributed by atoms with Crippen molar-refractivity contribution in [3.8, 4) is 5.69 Å². The van der Waals surface area contributed by atoms with Crippen LogP contribution in [0.1, 0.15) is 37.3 Å². The van der Waals surface area contributed by atoms with Gasteiger partial charge in [0.05, 0.1) is 17.1 Å². The van der Waals surface area contributed by atoms with Crippen LogP contribution in [0.3, 0.4) is 0 Å². The van der Waals surface area contributed by atoms with Gasteiger partial charge in [0.2, 0.25) is 0 Å². The lowest BCUT2D eigenvalue weighted by molar-refractivity contribution is 0.459. The Balaban J connectivity index is 0.878. The van der Waals surface area contributed by atoms with Crippen molar-refractivity contribution in [3.05, 3.63) is 253 Å². The van der Waals surface area contributed by atoms with Gasteiger partial charge >= 0.3 is 0 Å². The summed E-state index contributed by atoms with van der Waals surface area (Å²) in [5, 5.41) is 2.34. The van der Waals surface area contributed by atoms with E-state index in [2.05, 4.69) is 203 Å². The zero-order valence-corrected chi connectivity index (χ0v) is 38.0. The Morgan fingerprint density at radius 1 is 0.529 bits per heavy atom. The average molecular weight is 889 g/mol. The quantitative estimate of drug-likeness (QED) is 0.143. The van der Waals surface area contributed by atoms with E-state index in [4.69, 9.17) is 0 Å². The first-order chi connectivity index (χ1) is 33.4. The van der Waals surface area contributed by atoms with Gasteiger partial charge in [0.15, 0.2) is 0 Å². The van der Waals surface area contributed by atoms with E-state index in [1.54, 1.807) is 24.3 Å². The molecule has 0 N–H and O–H groups in total. The van der Waals surface area contributed by atoms with Crippen LogP contribution in [0.2, 0.25) is 0 Å². The predicted octanol–water partition coefficient (Wildman–Crippen LogP) is 16.2. The van der Waals surface area contributed by atoms with Crippen LogP contribution >= 0.6 is 0 Å².